The van der Waals surface area contributed by atoms with Crippen LogP contribution >= 0.6 is 0 Å². The molecule has 0 aliphatic rings. The number of hydrogen-bond acceptors (Lipinski definition) is 3. The van der Waals surface area contributed by atoms with Gasteiger partial charge in [0.15, 0.2) is 0 Å². The average molecular weight is 188 g/mol. The van der Waals surface area contributed by atoms with E-state index in [1.807, 2.05) is 29.8 Å². The fourth-order valence-electron chi connectivity index (χ4n) is 1.38. The highest BCUT2D eigenvalue weighted by Crippen LogP contribution is 2.09. The van der Waals surface area contributed by atoms with Crippen molar-refractivity contribution in [2.45, 2.75) is 13.5 Å². The standard InChI is InChI=1S/C10H12N4/c1-8-5-9(6-11)13-14(8)10-3-2-4-12-7-10/h2-5,7H,6,11H2,1H3. The highest BCUT2D eigenvalue weighted by molar-refractivity contribution is 5.29. The second-order valence-electron chi connectivity index (χ2n) is 3.10. The molecule has 2 aromatic rings. The van der Waals surface area contributed by atoms with Crippen molar-refractivity contribution < 1.29 is 0 Å². The Bertz CT molecular complexity index is 419. The third-order valence-electron chi connectivity index (χ3n) is 2.04. The van der Waals surface area contributed by atoms with Crippen LogP contribution < -0.4 is 5.73 Å². The van der Waals surface area contributed by atoms with Crippen molar-refractivity contribution in [2.24, 2.45) is 5.73 Å². The number of aryl methyl sites for hydroxylation is 1. The molecule has 0 amide bonds. The van der Waals surface area contributed by atoms with Crippen LogP contribution in [0.25, 0.3) is 5.69 Å². The lowest BCUT2D eigenvalue weighted by atomic mass is 10.3. The monoisotopic (exact) mass is 188 g/mol. The van der Waals surface area contributed by atoms with Gasteiger partial charge in [-0.05, 0) is 25.1 Å². The zero-order valence-corrected chi connectivity index (χ0v) is 8.01. The minimum atomic E-state index is 0.466. The minimum Gasteiger partial charge on any atom is -0.325 e. The highest BCUT2D eigenvalue weighted by atomic mass is 15.3. The van der Waals surface area contributed by atoms with Gasteiger partial charge in [0.1, 0.15) is 0 Å². The van der Waals surface area contributed by atoms with E-state index >= 15 is 0 Å². The van der Waals surface area contributed by atoms with Gasteiger partial charge < -0.3 is 5.73 Å². The summed E-state index contributed by atoms with van der Waals surface area (Å²) in [5, 5.41) is 4.35. The summed E-state index contributed by atoms with van der Waals surface area (Å²) in [5.74, 6) is 0. The molecule has 0 unspecified atom stereocenters. The number of hydrogen-bond donors (Lipinski definition) is 1. The van der Waals surface area contributed by atoms with Gasteiger partial charge in [0.05, 0.1) is 17.6 Å². The molecule has 2 rings (SSSR count). The largest absolute Gasteiger partial charge is 0.325 e. The van der Waals surface area contributed by atoms with Gasteiger partial charge in [0, 0.05) is 18.4 Å². The van der Waals surface area contributed by atoms with Gasteiger partial charge in [-0.15, -0.1) is 0 Å². The van der Waals surface area contributed by atoms with Gasteiger partial charge in [0.2, 0.25) is 0 Å². The van der Waals surface area contributed by atoms with Gasteiger partial charge in [-0.3, -0.25) is 4.98 Å². The van der Waals surface area contributed by atoms with Gasteiger partial charge in [0.25, 0.3) is 0 Å². The van der Waals surface area contributed by atoms with Crippen molar-refractivity contribution in [2.75, 3.05) is 0 Å². The Morgan fingerprint density at radius 3 is 2.93 bits per heavy atom. The van der Waals surface area contributed by atoms with E-state index in [-0.39, 0.29) is 0 Å². The van der Waals surface area contributed by atoms with Gasteiger partial charge in [-0.2, -0.15) is 5.10 Å². The van der Waals surface area contributed by atoms with E-state index < -0.39 is 0 Å². The van der Waals surface area contributed by atoms with Gasteiger partial charge in [-0.25, -0.2) is 4.68 Å². The second kappa shape index (κ2) is 3.59. The van der Waals surface area contributed by atoms with Crippen LogP contribution in [0.3, 0.4) is 0 Å². The molecule has 72 valence electrons. The molecule has 4 nitrogen and oxygen atoms in total. The Labute approximate surface area is 82.4 Å². The van der Waals surface area contributed by atoms with Crippen LogP contribution in [-0.4, -0.2) is 14.8 Å². The van der Waals surface area contributed by atoms with E-state index in [9.17, 15) is 0 Å². The van der Waals surface area contributed by atoms with Crippen LogP contribution in [0.15, 0.2) is 30.6 Å². The predicted octanol–water partition coefficient (Wildman–Crippen LogP) is 1.03. The maximum Gasteiger partial charge on any atom is 0.0831 e. The molecule has 0 bridgehead atoms. The Balaban J connectivity index is 2.46. The average Bonchev–Trinajstić information content (AvgIpc) is 2.61. The van der Waals surface area contributed by atoms with E-state index in [0.717, 1.165) is 17.1 Å². The Hall–Kier alpha value is -1.68. The number of rotatable bonds is 2. The SMILES string of the molecule is Cc1cc(CN)nn1-c1cccnc1. The number of pyridine rings is 1. The summed E-state index contributed by atoms with van der Waals surface area (Å²) in [5.41, 5.74) is 8.44. The first kappa shape index (κ1) is 8.90. The van der Waals surface area contributed by atoms with Crippen LogP contribution in [0, 0.1) is 6.92 Å². The second-order valence-corrected chi connectivity index (χ2v) is 3.10. The lowest BCUT2D eigenvalue weighted by Crippen LogP contribution is -2.01. The topological polar surface area (TPSA) is 56.7 Å². The van der Waals surface area contributed by atoms with Crippen molar-refractivity contribution in [3.8, 4) is 5.69 Å². The Morgan fingerprint density at radius 2 is 2.36 bits per heavy atom. The molecule has 0 spiro atoms. The molecule has 0 aromatic carbocycles. The summed E-state index contributed by atoms with van der Waals surface area (Å²) in [4.78, 5) is 4.05. The van der Waals surface area contributed by atoms with Crippen LogP contribution in [-0.2, 0) is 6.54 Å². The molecule has 4 heteroatoms. The smallest absolute Gasteiger partial charge is 0.0831 e. The first-order valence-corrected chi connectivity index (χ1v) is 4.47. The van der Waals surface area contributed by atoms with E-state index in [0.29, 0.717) is 6.54 Å². The number of nitrogens with zero attached hydrogens (tertiary/aromatic N) is 3. The van der Waals surface area contributed by atoms with E-state index in [1.165, 1.54) is 0 Å². The molecule has 0 saturated carbocycles. The molecule has 0 atom stereocenters. The van der Waals surface area contributed by atoms with Crippen LogP contribution in [0.1, 0.15) is 11.4 Å². The molecule has 2 heterocycles. The first-order valence-electron chi connectivity index (χ1n) is 4.47. The minimum absolute atomic E-state index is 0.466. The lowest BCUT2D eigenvalue weighted by molar-refractivity contribution is 0.808. The summed E-state index contributed by atoms with van der Waals surface area (Å²) < 4.78 is 1.84. The molecule has 2 N–H and O–H groups in total. The van der Waals surface area contributed by atoms with Crippen molar-refractivity contribution in [1.29, 1.82) is 0 Å². The number of aromatic nitrogens is 3. The molecule has 14 heavy (non-hydrogen) atoms. The molecule has 0 radical (unpaired) electrons. The Morgan fingerprint density at radius 1 is 1.50 bits per heavy atom. The number of nitrogens with two attached hydrogens (primary N) is 1. The van der Waals surface area contributed by atoms with Crippen molar-refractivity contribution in [1.82, 2.24) is 14.8 Å². The molecule has 0 saturated heterocycles. The van der Waals surface area contributed by atoms with Crippen molar-refractivity contribution in [3.63, 3.8) is 0 Å². The molecular formula is C10H12N4. The predicted molar refractivity (Wildman–Crippen MR) is 54.0 cm³/mol. The summed E-state index contributed by atoms with van der Waals surface area (Å²) in [6.07, 6.45) is 3.52. The molecule has 0 aliphatic carbocycles. The highest BCUT2D eigenvalue weighted by Gasteiger charge is 2.03. The van der Waals surface area contributed by atoms with Crippen LogP contribution in [0.2, 0.25) is 0 Å². The lowest BCUT2D eigenvalue weighted by Gasteiger charge is -2.01. The fourth-order valence-corrected chi connectivity index (χ4v) is 1.38. The first-order chi connectivity index (χ1) is 6.81. The van der Waals surface area contributed by atoms with E-state index in [4.69, 9.17) is 5.73 Å². The zero-order valence-electron chi connectivity index (χ0n) is 8.01. The maximum atomic E-state index is 5.52. The van der Waals surface area contributed by atoms with Crippen molar-refractivity contribution >= 4 is 0 Å². The summed E-state index contributed by atoms with van der Waals surface area (Å²) >= 11 is 0. The van der Waals surface area contributed by atoms with E-state index in [2.05, 4.69) is 10.1 Å². The third kappa shape index (κ3) is 1.52. The van der Waals surface area contributed by atoms with Crippen molar-refractivity contribution in [3.05, 3.63) is 42.0 Å². The molecular weight excluding hydrogens is 176 g/mol. The normalized spacial score (nSPS) is 10.4. The third-order valence-corrected chi connectivity index (χ3v) is 2.04. The van der Waals surface area contributed by atoms with Gasteiger partial charge >= 0.3 is 0 Å². The van der Waals surface area contributed by atoms with Crippen LogP contribution in [0.4, 0.5) is 0 Å². The summed E-state index contributed by atoms with van der Waals surface area (Å²) in [6, 6.07) is 5.83. The Kier molecular flexibility index (Phi) is 2.28. The van der Waals surface area contributed by atoms with E-state index in [1.54, 1.807) is 12.4 Å². The van der Waals surface area contributed by atoms with Gasteiger partial charge in [-0.1, -0.05) is 0 Å². The fraction of sp³-hybridized carbons (Fsp3) is 0.200. The molecule has 2 aromatic heterocycles. The molecule has 0 fully saturated rings. The summed E-state index contributed by atoms with van der Waals surface area (Å²) in [6.45, 7) is 2.47. The maximum absolute atomic E-state index is 5.52. The van der Waals surface area contributed by atoms with Crippen LogP contribution in [0.5, 0.6) is 0 Å². The quantitative estimate of drug-likeness (QED) is 0.766. The summed E-state index contributed by atoms with van der Waals surface area (Å²) in [7, 11) is 0. The zero-order chi connectivity index (χ0) is 9.97. The molecule has 0 aliphatic heterocycles.